The highest BCUT2D eigenvalue weighted by Crippen LogP contribution is 2.29. The lowest BCUT2D eigenvalue weighted by atomic mass is 10.0. The van der Waals surface area contributed by atoms with E-state index < -0.39 is 0 Å². The average molecular weight is 477 g/mol. The number of aryl methyl sites for hydroxylation is 1. The van der Waals surface area contributed by atoms with Crippen molar-refractivity contribution in [2.45, 2.75) is 116 Å². The molecular formula is C30H52O4. The van der Waals surface area contributed by atoms with Crippen molar-refractivity contribution in [1.29, 1.82) is 0 Å². The van der Waals surface area contributed by atoms with Gasteiger partial charge in [-0.3, -0.25) is 0 Å². The molecule has 0 radical (unpaired) electrons. The van der Waals surface area contributed by atoms with Crippen LogP contribution in [0.2, 0.25) is 0 Å². The molecule has 0 aliphatic carbocycles. The fourth-order valence-corrected chi connectivity index (χ4v) is 4.56. The molecule has 196 valence electrons. The number of hydrogen-bond donors (Lipinski definition) is 0. The van der Waals surface area contributed by atoms with Gasteiger partial charge in [-0.15, -0.1) is 0 Å². The molecule has 34 heavy (non-hydrogen) atoms. The zero-order valence-corrected chi connectivity index (χ0v) is 22.1. The largest absolute Gasteiger partial charge is 0.487 e. The first-order valence-electron chi connectivity index (χ1n) is 14.4. The summed E-state index contributed by atoms with van der Waals surface area (Å²) in [5.74, 6) is 1.64. The molecule has 0 saturated carbocycles. The fraction of sp³-hybridized carbons (Fsp3) is 0.800. The second kappa shape index (κ2) is 21.1. The Morgan fingerprint density at radius 1 is 0.500 bits per heavy atom. The van der Waals surface area contributed by atoms with Gasteiger partial charge in [0, 0.05) is 0 Å². The molecule has 0 atom stereocenters. The Morgan fingerprint density at radius 3 is 1.47 bits per heavy atom. The highest BCUT2D eigenvalue weighted by atomic mass is 16.6. The highest BCUT2D eigenvalue weighted by molar-refractivity contribution is 5.43. The maximum atomic E-state index is 5.94. The number of unbranched alkanes of at least 4 members (excludes halogenated alkanes) is 15. The van der Waals surface area contributed by atoms with E-state index in [2.05, 4.69) is 19.1 Å². The van der Waals surface area contributed by atoms with Crippen LogP contribution >= 0.6 is 0 Å². The van der Waals surface area contributed by atoms with E-state index in [9.17, 15) is 0 Å². The summed E-state index contributed by atoms with van der Waals surface area (Å²) in [4.78, 5) is 0. The first-order chi connectivity index (χ1) is 16.9. The van der Waals surface area contributed by atoms with Crippen molar-refractivity contribution in [3.05, 3.63) is 23.8 Å². The molecule has 0 N–H and O–H groups in total. The van der Waals surface area contributed by atoms with Crippen molar-refractivity contribution in [1.82, 2.24) is 0 Å². The van der Waals surface area contributed by atoms with Crippen molar-refractivity contribution in [3.8, 4) is 11.5 Å². The van der Waals surface area contributed by atoms with E-state index in [0.29, 0.717) is 39.6 Å². The van der Waals surface area contributed by atoms with Crippen LogP contribution in [-0.4, -0.2) is 39.6 Å². The van der Waals surface area contributed by atoms with E-state index >= 15 is 0 Å². The number of hydrogen-bond acceptors (Lipinski definition) is 4. The van der Waals surface area contributed by atoms with Crippen molar-refractivity contribution in [3.63, 3.8) is 0 Å². The van der Waals surface area contributed by atoms with Crippen LogP contribution in [0.4, 0.5) is 0 Å². The quantitative estimate of drug-likeness (QED) is 0.212. The third-order valence-electron chi connectivity index (χ3n) is 6.67. The van der Waals surface area contributed by atoms with E-state index in [1.807, 2.05) is 6.07 Å². The lowest BCUT2D eigenvalue weighted by Gasteiger charge is -2.16. The average Bonchev–Trinajstić information content (AvgIpc) is 2.84. The van der Waals surface area contributed by atoms with Crippen LogP contribution in [-0.2, 0) is 15.9 Å². The van der Waals surface area contributed by atoms with Crippen molar-refractivity contribution < 1.29 is 18.9 Å². The summed E-state index contributed by atoms with van der Waals surface area (Å²) >= 11 is 0. The van der Waals surface area contributed by atoms with Crippen LogP contribution in [0.1, 0.15) is 115 Å². The summed E-state index contributed by atoms with van der Waals surface area (Å²) < 4.78 is 22.8. The minimum Gasteiger partial charge on any atom is -0.487 e. The molecule has 0 amide bonds. The lowest BCUT2D eigenvalue weighted by Crippen LogP contribution is -2.15. The maximum Gasteiger partial charge on any atom is 0.161 e. The first-order valence-corrected chi connectivity index (χ1v) is 14.4. The molecule has 1 aliphatic rings. The maximum absolute atomic E-state index is 5.94. The van der Waals surface area contributed by atoms with Crippen LogP contribution in [0.3, 0.4) is 0 Å². The summed E-state index contributed by atoms with van der Waals surface area (Å²) in [6.45, 7) is 5.73. The van der Waals surface area contributed by atoms with Crippen LogP contribution in [0.25, 0.3) is 0 Å². The second-order valence-electron chi connectivity index (χ2n) is 9.76. The van der Waals surface area contributed by atoms with Gasteiger partial charge in [0.2, 0.25) is 0 Å². The Labute approximate surface area is 210 Å². The smallest absolute Gasteiger partial charge is 0.161 e. The van der Waals surface area contributed by atoms with E-state index in [-0.39, 0.29) is 0 Å². The Balaban J connectivity index is 1.46. The lowest BCUT2D eigenvalue weighted by molar-refractivity contribution is 0.0223. The van der Waals surface area contributed by atoms with Gasteiger partial charge in [0.25, 0.3) is 0 Å². The first kappa shape index (κ1) is 29.0. The third-order valence-corrected chi connectivity index (χ3v) is 6.67. The van der Waals surface area contributed by atoms with Gasteiger partial charge in [-0.25, -0.2) is 0 Å². The number of benzene rings is 1. The number of fused-ring (bicyclic) bond motifs is 1. The van der Waals surface area contributed by atoms with Crippen molar-refractivity contribution >= 4 is 0 Å². The second-order valence-corrected chi connectivity index (χ2v) is 9.76. The molecule has 4 heteroatoms. The van der Waals surface area contributed by atoms with Crippen molar-refractivity contribution in [2.75, 3.05) is 39.6 Å². The zero-order valence-electron chi connectivity index (χ0n) is 22.1. The van der Waals surface area contributed by atoms with Gasteiger partial charge in [0.05, 0.1) is 26.4 Å². The molecule has 1 aromatic carbocycles. The molecule has 1 aromatic rings. The monoisotopic (exact) mass is 476 g/mol. The molecule has 0 bridgehead atoms. The standard InChI is InChI=1S/C30H52O4/c1-2-3-4-5-6-7-8-9-10-11-12-13-14-15-16-17-18-28-19-20-29-30(27-28)34-26-24-32-22-21-31-23-25-33-29/h19-20,27H,2-18,21-26H2,1H3. The molecular weight excluding hydrogens is 424 g/mol. The molecule has 1 aliphatic heterocycles. The van der Waals surface area contributed by atoms with Crippen LogP contribution < -0.4 is 9.47 Å². The summed E-state index contributed by atoms with van der Waals surface area (Å²) in [6.07, 6.45) is 23.6. The van der Waals surface area contributed by atoms with Gasteiger partial charge in [0.1, 0.15) is 13.2 Å². The Bertz CT molecular complexity index is 589. The molecule has 0 saturated heterocycles. The van der Waals surface area contributed by atoms with E-state index in [0.717, 1.165) is 17.9 Å². The SMILES string of the molecule is CCCCCCCCCCCCCCCCCCc1ccc2c(c1)OCCOCCOCCO2. The van der Waals surface area contributed by atoms with Crippen molar-refractivity contribution in [2.24, 2.45) is 0 Å². The topological polar surface area (TPSA) is 36.9 Å². The summed E-state index contributed by atoms with van der Waals surface area (Å²) in [6, 6.07) is 6.37. The number of ether oxygens (including phenoxy) is 4. The summed E-state index contributed by atoms with van der Waals surface area (Å²) in [7, 11) is 0. The van der Waals surface area contributed by atoms with Crippen LogP contribution in [0.5, 0.6) is 11.5 Å². The predicted octanol–water partition coefficient (Wildman–Crippen LogP) is 8.30. The molecule has 4 nitrogen and oxygen atoms in total. The Kier molecular flexibility index (Phi) is 17.9. The highest BCUT2D eigenvalue weighted by Gasteiger charge is 2.08. The molecule has 0 unspecified atom stereocenters. The Hall–Kier alpha value is -1.26. The molecule has 1 heterocycles. The van der Waals surface area contributed by atoms with Gasteiger partial charge in [-0.1, -0.05) is 109 Å². The minimum atomic E-state index is 0.537. The van der Waals surface area contributed by atoms with Gasteiger partial charge >= 0.3 is 0 Å². The Morgan fingerprint density at radius 2 is 0.941 bits per heavy atom. The molecule has 2 rings (SSSR count). The van der Waals surface area contributed by atoms with E-state index in [1.165, 1.54) is 108 Å². The third kappa shape index (κ3) is 14.9. The fourth-order valence-electron chi connectivity index (χ4n) is 4.56. The molecule has 0 fully saturated rings. The summed E-state index contributed by atoms with van der Waals surface area (Å²) in [5, 5.41) is 0. The predicted molar refractivity (Wildman–Crippen MR) is 142 cm³/mol. The van der Waals surface area contributed by atoms with E-state index in [1.54, 1.807) is 0 Å². The number of rotatable bonds is 17. The zero-order chi connectivity index (χ0) is 23.9. The van der Waals surface area contributed by atoms with Gasteiger partial charge in [-0.05, 0) is 30.5 Å². The minimum absolute atomic E-state index is 0.537. The molecule has 0 spiro atoms. The van der Waals surface area contributed by atoms with Crippen LogP contribution in [0.15, 0.2) is 18.2 Å². The van der Waals surface area contributed by atoms with Gasteiger partial charge in [-0.2, -0.15) is 0 Å². The van der Waals surface area contributed by atoms with E-state index in [4.69, 9.17) is 18.9 Å². The molecule has 0 aromatic heterocycles. The van der Waals surface area contributed by atoms with Gasteiger partial charge in [0.15, 0.2) is 11.5 Å². The summed E-state index contributed by atoms with van der Waals surface area (Å²) in [5.41, 5.74) is 1.33. The van der Waals surface area contributed by atoms with Crippen LogP contribution in [0, 0.1) is 0 Å². The normalized spacial score (nSPS) is 15.0. The van der Waals surface area contributed by atoms with Gasteiger partial charge < -0.3 is 18.9 Å².